The Hall–Kier alpha value is -0.580. The highest BCUT2D eigenvalue weighted by Crippen LogP contribution is 2.30. The Labute approximate surface area is 124 Å². The zero-order valence-corrected chi connectivity index (χ0v) is 13.1. The van der Waals surface area contributed by atoms with Gasteiger partial charge in [0.05, 0.1) is 0 Å². The van der Waals surface area contributed by atoms with Crippen LogP contribution in [-0.2, 0) is 6.54 Å². The zero-order chi connectivity index (χ0) is 13.7. The van der Waals surface area contributed by atoms with E-state index in [0.717, 1.165) is 30.5 Å². The molecule has 1 fully saturated rings. The lowest BCUT2D eigenvalue weighted by Gasteiger charge is -2.35. The van der Waals surface area contributed by atoms with Crippen molar-refractivity contribution in [2.75, 3.05) is 31.6 Å². The third kappa shape index (κ3) is 3.94. The maximum absolute atomic E-state index is 9.12. The molecule has 0 amide bonds. The maximum atomic E-state index is 9.12. The minimum absolute atomic E-state index is 0.306. The summed E-state index contributed by atoms with van der Waals surface area (Å²) in [5.41, 5.74) is 2.67. The van der Waals surface area contributed by atoms with Crippen LogP contribution in [0.4, 0.5) is 5.69 Å². The van der Waals surface area contributed by atoms with E-state index in [1.165, 1.54) is 24.1 Å². The number of nitrogens with zero attached hydrogens (tertiary/aromatic N) is 1. The molecule has 0 bridgehead atoms. The second-order valence-corrected chi connectivity index (χ2v) is 6.19. The van der Waals surface area contributed by atoms with Gasteiger partial charge >= 0.3 is 0 Å². The molecule has 4 heteroatoms. The molecule has 0 radical (unpaired) electrons. The van der Waals surface area contributed by atoms with Gasteiger partial charge in [-0.15, -0.1) is 0 Å². The van der Waals surface area contributed by atoms with Crippen LogP contribution in [0.5, 0.6) is 0 Å². The van der Waals surface area contributed by atoms with Crippen LogP contribution in [0.25, 0.3) is 0 Å². The highest BCUT2D eigenvalue weighted by molar-refractivity contribution is 9.10. The number of halogens is 1. The van der Waals surface area contributed by atoms with Crippen molar-refractivity contribution in [3.63, 3.8) is 0 Å². The second kappa shape index (κ2) is 7.27. The van der Waals surface area contributed by atoms with E-state index in [4.69, 9.17) is 5.11 Å². The lowest BCUT2D eigenvalue weighted by molar-refractivity contribution is 0.244. The van der Waals surface area contributed by atoms with Crippen molar-refractivity contribution < 1.29 is 5.11 Å². The lowest BCUT2D eigenvalue weighted by Crippen LogP contribution is -2.36. The Balaban J connectivity index is 2.17. The Kier molecular flexibility index (Phi) is 5.67. The third-order valence-electron chi connectivity index (χ3n) is 3.81. The van der Waals surface area contributed by atoms with Crippen molar-refractivity contribution in [3.05, 3.63) is 28.2 Å². The molecule has 0 aliphatic carbocycles. The molecule has 0 spiro atoms. The van der Waals surface area contributed by atoms with Gasteiger partial charge in [0.2, 0.25) is 0 Å². The summed E-state index contributed by atoms with van der Waals surface area (Å²) in [6.07, 6.45) is 3.38. The topological polar surface area (TPSA) is 35.5 Å². The van der Waals surface area contributed by atoms with Crippen molar-refractivity contribution in [1.29, 1.82) is 0 Å². The van der Waals surface area contributed by atoms with E-state index in [1.54, 1.807) is 0 Å². The molecule has 1 aromatic rings. The van der Waals surface area contributed by atoms with Gasteiger partial charge in [-0.1, -0.05) is 22.0 Å². The Morgan fingerprint density at radius 3 is 3.05 bits per heavy atom. The molecule has 1 atom stereocenters. The van der Waals surface area contributed by atoms with Gasteiger partial charge in [0.1, 0.15) is 0 Å². The van der Waals surface area contributed by atoms with E-state index >= 15 is 0 Å². The van der Waals surface area contributed by atoms with Crippen LogP contribution >= 0.6 is 15.9 Å². The number of anilines is 1. The average Bonchev–Trinajstić information content (AvgIpc) is 2.42. The first kappa shape index (κ1) is 14.8. The summed E-state index contributed by atoms with van der Waals surface area (Å²) < 4.78 is 1.13. The molecule has 106 valence electrons. The van der Waals surface area contributed by atoms with E-state index in [9.17, 15) is 0 Å². The molecule has 0 saturated carbocycles. The number of hydrogen-bond donors (Lipinski definition) is 2. The fourth-order valence-electron chi connectivity index (χ4n) is 2.87. The largest absolute Gasteiger partial charge is 0.396 e. The summed E-state index contributed by atoms with van der Waals surface area (Å²) in [4.78, 5) is 2.47. The van der Waals surface area contributed by atoms with E-state index in [2.05, 4.69) is 44.3 Å². The summed E-state index contributed by atoms with van der Waals surface area (Å²) in [7, 11) is 1.98. The van der Waals surface area contributed by atoms with Crippen molar-refractivity contribution in [2.45, 2.75) is 25.8 Å². The fourth-order valence-corrected chi connectivity index (χ4v) is 3.22. The summed E-state index contributed by atoms with van der Waals surface area (Å²) in [6, 6.07) is 6.50. The number of nitrogens with one attached hydrogen (secondary N) is 1. The zero-order valence-electron chi connectivity index (χ0n) is 11.5. The molecule has 2 N–H and O–H groups in total. The SMILES string of the molecule is CNCc1ccc(Br)cc1N1CCCC(CCO)C1. The van der Waals surface area contributed by atoms with E-state index in [0.29, 0.717) is 12.5 Å². The lowest BCUT2D eigenvalue weighted by atomic mass is 9.94. The fraction of sp³-hybridized carbons (Fsp3) is 0.600. The van der Waals surface area contributed by atoms with Crippen molar-refractivity contribution in [1.82, 2.24) is 5.32 Å². The summed E-state index contributed by atoms with van der Waals surface area (Å²) in [5, 5.41) is 12.4. The molecule has 1 saturated heterocycles. The number of rotatable bonds is 5. The molecule has 1 heterocycles. The predicted molar refractivity (Wildman–Crippen MR) is 83.5 cm³/mol. The molecule has 2 rings (SSSR count). The first-order chi connectivity index (χ1) is 9.24. The van der Waals surface area contributed by atoms with Gasteiger partial charge in [-0.05, 0) is 49.9 Å². The number of aliphatic hydroxyl groups excluding tert-OH is 1. The molecule has 0 aromatic heterocycles. The number of aliphatic hydroxyl groups is 1. The van der Waals surface area contributed by atoms with Crippen LogP contribution in [-0.4, -0.2) is 31.9 Å². The standard InChI is InChI=1S/C15H23BrN2O/c1-17-10-13-4-5-14(16)9-15(13)18-7-2-3-12(11-18)6-8-19/h4-5,9,12,17,19H,2-3,6-8,10-11H2,1H3. The second-order valence-electron chi connectivity index (χ2n) is 5.27. The van der Waals surface area contributed by atoms with Gasteiger partial charge in [0, 0.05) is 36.4 Å². The normalized spacial score (nSPS) is 19.7. The molecule has 1 aromatic carbocycles. The van der Waals surface area contributed by atoms with Crippen LogP contribution in [0, 0.1) is 5.92 Å². The molecular formula is C15H23BrN2O. The van der Waals surface area contributed by atoms with Crippen molar-refractivity contribution in [3.8, 4) is 0 Å². The van der Waals surface area contributed by atoms with Crippen LogP contribution in [0.1, 0.15) is 24.8 Å². The van der Waals surface area contributed by atoms with Crippen LogP contribution in [0.2, 0.25) is 0 Å². The molecule has 1 aliphatic heterocycles. The van der Waals surface area contributed by atoms with Crippen LogP contribution in [0.3, 0.4) is 0 Å². The predicted octanol–water partition coefficient (Wildman–Crippen LogP) is 2.77. The Bertz CT molecular complexity index is 409. The average molecular weight is 327 g/mol. The smallest absolute Gasteiger partial charge is 0.0434 e. The van der Waals surface area contributed by atoms with Crippen molar-refractivity contribution in [2.24, 2.45) is 5.92 Å². The monoisotopic (exact) mass is 326 g/mol. The Morgan fingerprint density at radius 2 is 2.32 bits per heavy atom. The quantitative estimate of drug-likeness (QED) is 0.873. The summed E-state index contributed by atoms with van der Waals surface area (Å²) in [5.74, 6) is 0.625. The minimum Gasteiger partial charge on any atom is -0.396 e. The molecule has 3 nitrogen and oxygen atoms in total. The van der Waals surface area contributed by atoms with Gasteiger partial charge in [-0.25, -0.2) is 0 Å². The van der Waals surface area contributed by atoms with E-state index in [-0.39, 0.29) is 0 Å². The summed E-state index contributed by atoms with van der Waals surface area (Å²) >= 11 is 3.57. The van der Waals surface area contributed by atoms with Gasteiger partial charge in [0.15, 0.2) is 0 Å². The van der Waals surface area contributed by atoms with Crippen LogP contribution in [0.15, 0.2) is 22.7 Å². The number of benzene rings is 1. The highest BCUT2D eigenvalue weighted by Gasteiger charge is 2.21. The third-order valence-corrected chi connectivity index (χ3v) is 4.30. The molecule has 1 unspecified atom stereocenters. The number of hydrogen-bond acceptors (Lipinski definition) is 3. The minimum atomic E-state index is 0.306. The van der Waals surface area contributed by atoms with Gasteiger partial charge in [-0.3, -0.25) is 0 Å². The van der Waals surface area contributed by atoms with Gasteiger partial charge < -0.3 is 15.3 Å². The van der Waals surface area contributed by atoms with Gasteiger partial charge in [0.25, 0.3) is 0 Å². The highest BCUT2D eigenvalue weighted by atomic mass is 79.9. The summed E-state index contributed by atoms with van der Waals surface area (Å²) in [6.45, 7) is 3.38. The van der Waals surface area contributed by atoms with Crippen LogP contribution < -0.4 is 10.2 Å². The Morgan fingerprint density at radius 1 is 1.47 bits per heavy atom. The first-order valence-electron chi connectivity index (χ1n) is 7.03. The van der Waals surface area contributed by atoms with E-state index in [1.807, 2.05) is 7.05 Å². The first-order valence-corrected chi connectivity index (χ1v) is 7.82. The van der Waals surface area contributed by atoms with E-state index < -0.39 is 0 Å². The van der Waals surface area contributed by atoms with Crippen molar-refractivity contribution >= 4 is 21.6 Å². The molecule has 1 aliphatic rings. The van der Waals surface area contributed by atoms with Gasteiger partial charge in [-0.2, -0.15) is 0 Å². The maximum Gasteiger partial charge on any atom is 0.0434 e. The molecule has 19 heavy (non-hydrogen) atoms. The molecular weight excluding hydrogens is 304 g/mol. The number of piperidine rings is 1.